The van der Waals surface area contributed by atoms with Crippen molar-refractivity contribution in [3.8, 4) is 0 Å². The van der Waals surface area contributed by atoms with Gasteiger partial charge in [0.15, 0.2) is 0 Å². The highest BCUT2D eigenvalue weighted by Crippen LogP contribution is 2.26. The summed E-state index contributed by atoms with van der Waals surface area (Å²) in [5.41, 5.74) is -0.0424. The number of aromatic amines is 1. The molecule has 3 rings (SSSR count). The van der Waals surface area contributed by atoms with Gasteiger partial charge in [-0.05, 0) is 30.9 Å². The number of aromatic nitrogens is 2. The second kappa shape index (κ2) is 6.48. The summed E-state index contributed by atoms with van der Waals surface area (Å²) in [4.78, 5) is 27.2. The number of H-pyrrole nitrogens is 1. The van der Waals surface area contributed by atoms with Crippen LogP contribution in [-0.2, 0) is 11.3 Å². The van der Waals surface area contributed by atoms with Gasteiger partial charge >= 0.3 is 5.69 Å². The van der Waals surface area contributed by atoms with Crippen LogP contribution in [0.3, 0.4) is 0 Å². The van der Waals surface area contributed by atoms with Crippen LogP contribution in [0.1, 0.15) is 32.6 Å². The third-order valence-electron chi connectivity index (χ3n) is 4.57. The van der Waals surface area contributed by atoms with E-state index in [0.29, 0.717) is 30.0 Å². The van der Waals surface area contributed by atoms with Crippen LogP contribution in [0.5, 0.6) is 0 Å². The largest absolute Gasteiger partial charge is 0.376 e. The van der Waals surface area contributed by atoms with Crippen molar-refractivity contribution in [2.75, 3.05) is 6.61 Å². The molecule has 5 heteroatoms. The molecule has 0 saturated heterocycles. The summed E-state index contributed by atoms with van der Waals surface area (Å²) in [7, 11) is 0. The number of hydrogen-bond donors (Lipinski definition) is 1. The zero-order valence-electron chi connectivity index (χ0n) is 12.9. The molecule has 0 aliphatic heterocycles. The Hall–Kier alpha value is -1.88. The van der Waals surface area contributed by atoms with E-state index in [2.05, 4.69) is 11.9 Å². The maximum Gasteiger partial charge on any atom is 0.328 e. The summed E-state index contributed by atoms with van der Waals surface area (Å²) in [5, 5.41) is 0.535. The van der Waals surface area contributed by atoms with Gasteiger partial charge < -0.3 is 9.72 Å². The van der Waals surface area contributed by atoms with E-state index in [1.54, 1.807) is 24.3 Å². The molecule has 1 heterocycles. The molecule has 1 saturated carbocycles. The molecular weight excluding hydrogens is 280 g/mol. The Kier molecular flexibility index (Phi) is 4.43. The van der Waals surface area contributed by atoms with Crippen LogP contribution >= 0.6 is 0 Å². The van der Waals surface area contributed by atoms with E-state index in [-0.39, 0.29) is 17.4 Å². The van der Waals surface area contributed by atoms with Crippen LogP contribution in [0.15, 0.2) is 33.9 Å². The molecule has 0 spiro atoms. The highest BCUT2D eigenvalue weighted by molar-refractivity contribution is 5.76. The standard InChI is InChI=1S/C17H22N2O3/c1-12-6-2-5-9-15(12)22-11-10-19-16(20)13-7-3-4-8-14(13)18-17(19)21/h3-4,7-8,12,15H,2,5-6,9-11H2,1H3,(H,18,21)/t12-,15-/m0/s1. The zero-order chi connectivity index (χ0) is 15.5. The monoisotopic (exact) mass is 302 g/mol. The summed E-state index contributed by atoms with van der Waals surface area (Å²) in [6.45, 7) is 2.90. The van der Waals surface area contributed by atoms with Crippen LogP contribution in [0.25, 0.3) is 10.9 Å². The first kappa shape index (κ1) is 15.0. The normalized spacial score (nSPS) is 22.0. The molecule has 118 valence electrons. The van der Waals surface area contributed by atoms with E-state index in [0.717, 1.165) is 6.42 Å². The van der Waals surface area contributed by atoms with Gasteiger partial charge in [0.2, 0.25) is 0 Å². The molecule has 5 nitrogen and oxygen atoms in total. The summed E-state index contributed by atoms with van der Waals surface area (Å²) in [6, 6.07) is 7.07. The number of fused-ring (bicyclic) bond motifs is 1. The third-order valence-corrected chi connectivity index (χ3v) is 4.57. The van der Waals surface area contributed by atoms with Gasteiger partial charge in [-0.1, -0.05) is 31.9 Å². The second-order valence-corrected chi connectivity index (χ2v) is 6.10. The van der Waals surface area contributed by atoms with Gasteiger partial charge in [-0.3, -0.25) is 9.36 Å². The molecule has 2 atom stereocenters. The van der Waals surface area contributed by atoms with Crippen LogP contribution < -0.4 is 11.2 Å². The van der Waals surface area contributed by atoms with E-state index >= 15 is 0 Å². The SMILES string of the molecule is C[C@H]1CCCC[C@@H]1OCCn1c(=O)[nH]c2ccccc2c1=O. The summed E-state index contributed by atoms with van der Waals surface area (Å²) in [6.07, 6.45) is 4.99. The fraction of sp³-hybridized carbons (Fsp3) is 0.529. The van der Waals surface area contributed by atoms with Crippen LogP contribution in [0.2, 0.25) is 0 Å². The average molecular weight is 302 g/mol. The quantitative estimate of drug-likeness (QED) is 0.942. The van der Waals surface area contributed by atoms with E-state index in [1.807, 2.05) is 0 Å². The minimum Gasteiger partial charge on any atom is -0.376 e. The lowest BCUT2D eigenvalue weighted by molar-refractivity contribution is -0.00892. The molecule has 22 heavy (non-hydrogen) atoms. The summed E-state index contributed by atoms with van der Waals surface area (Å²) < 4.78 is 7.14. The van der Waals surface area contributed by atoms with Crippen molar-refractivity contribution in [3.63, 3.8) is 0 Å². The Bertz CT molecular complexity index is 762. The van der Waals surface area contributed by atoms with Gasteiger partial charge in [-0.15, -0.1) is 0 Å². The second-order valence-electron chi connectivity index (χ2n) is 6.10. The van der Waals surface area contributed by atoms with Crippen molar-refractivity contribution in [1.29, 1.82) is 0 Å². The number of nitrogens with one attached hydrogen (secondary N) is 1. The van der Waals surface area contributed by atoms with Gasteiger partial charge in [0.05, 0.1) is 30.2 Å². The topological polar surface area (TPSA) is 64.1 Å². The predicted molar refractivity (Wildman–Crippen MR) is 86.2 cm³/mol. The van der Waals surface area contributed by atoms with Crippen molar-refractivity contribution < 1.29 is 4.74 Å². The van der Waals surface area contributed by atoms with Crippen molar-refractivity contribution in [2.45, 2.75) is 45.3 Å². The van der Waals surface area contributed by atoms with Gasteiger partial charge in [-0.25, -0.2) is 4.79 Å². The molecule has 1 aromatic heterocycles. The Labute approximate surface area is 128 Å². The van der Waals surface area contributed by atoms with Gasteiger partial charge in [0.25, 0.3) is 5.56 Å². The lowest BCUT2D eigenvalue weighted by Crippen LogP contribution is -2.37. The van der Waals surface area contributed by atoms with Gasteiger partial charge in [0.1, 0.15) is 0 Å². The first-order valence-electron chi connectivity index (χ1n) is 8.00. The molecule has 1 N–H and O–H groups in total. The third kappa shape index (κ3) is 2.99. The fourth-order valence-corrected chi connectivity index (χ4v) is 3.23. The summed E-state index contributed by atoms with van der Waals surface area (Å²) >= 11 is 0. The number of rotatable bonds is 4. The molecular formula is C17H22N2O3. The molecule has 0 bridgehead atoms. The Balaban J connectivity index is 1.74. The smallest absolute Gasteiger partial charge is 0.328 e. The minimum absolute atomic E-state index is 0.250. The average Bonchev–Trinajstić information content (AvgIpc) is 2.52. The Morgan fingerprint density at radius 3 is 2.82 bits per heavy atom. The van der Waals surface area contributed by atoms with Gasteiger partial charge in [-0.2, -0.15) is 0 Å². The molecule has 0 radical (unpaired) electrons. The van der Waals surface area contributed by atoms with Gasteiger partial charge in [0, 0.05) is 0 Å². The number of nitrogens with zero attached hydrogens (tertiary/aromatic N) is 1. The Morgan fingerprint density at radius 2 is 2.00 bits per heavy atom. The summed E-state index contributed by atoms with van der Waals surface area (Å²) in [5.74, 6) is 0.556. The van der Waals surface area contributed by atoms with E-state index in [9.17, 15) is 9.59 Å². The highest BCUT2D eigenvalue weighted by Gasteiger charge is 2.21. The molecule has 1 aliphatic rings. The fourth-order valence-electron chi connectivity index (χ4n) is 3.23. The first-order valence-corrected chi connectivity index (χ1v) is 8.00. The Morgan fingerprint density at radius 1 is 1.23 bits per heavy atom. The zero-order valence-corrected chi connectivity index (χ0v) is 12.9. The van der Waals surface area contributed by atoms with E-state index < -0.39 is 0 Å². The molecule has 0 unspecified atom stereocenters. The minimum atomic E-state index is -0.371. The highest BCUT2D eigenvalue weighted by atomic mass is 16.5. The van der Waals surface area contributed by atoms with Crippen LogP contribution in [-0.4, -0.2) is 22.3 Å². The lowest BCUT2D eigenvalue weighted by Gasteiger charge is -2.28. The van der Waals surface area contributed by atoms with Crippen molar-refractivity contribution in [2.24, 2.45) is 5.92 Å². The van der Waals surface area contributed by atoms with Crippen molar-refractivity contribution in [1.82, 2.24) is 9.55 Å². The van der Waals surface area contributed by atoms with Crippen LogP contribution in [0, 0.1) is 5.92 Å². The number of benzene rings is 1. The maximum atomic E-state index is 12.4. The van der Waals surface area contributed by atoms with Crippen LogP contribution in [0.4, 0.5) is 0 Å². The number of hydrogen-bond acceptors (Lipinski definition) is 3. The van der Waals surface area contributed by atoms with Crippen molar-refractivity contribution >= 4 is 10.9 Å². The first-order chi connectivity index (χ1) is 10.7. The molecule has 2 aromatic rings. The number of ether oxygens (including phenoxy) is 1. The van der Waals surface area contributed by atoms with E-state index in [4.69, 9.17) is 4.74 Å². The van der Waals surface area contributed by atoms with Crippen molar-refractivity contribution in [3.05, 3.63) is 45.1 Å². The lowest BCUT2D eigenvalue weighted by atomic mass is 9.88. The molecule has 1 fully saturated rings. The maximum absolute atomic E-state index is 12.4. The molecule has 0 amide bonds. The predicted octanol–water partition coefficient (Wildman–Crippen LogP) is 2.29. The molecule has 1 aromatic carbocycles. The van der Waals surface area contributed by atoms with E-state index in [1.165, 1.54) is 23.8 Å². The molecule has 1 aliphatic carbocycles. The number of para-hydroxylation sites is 1.